The fourth-order valence-electron chi connectivity index (χ4n) is 5.22. The predicted octanol–water partition coefficient (Wildman–Crippen LogP) is 7.48. The molecule has 32 heavy (non-hydrogen) atoms. The highest BCUT2D eigenvalue weighted by molar-refractivity contribution is 8.13. The van der Waals surface area contributed by atoms with Crippen LogP contribution in [0.5, 0.6) is 0 Å². The molecule has 0 radical (unpaired) electrons. The molecule has 0 heterocycles. The zero-order valence-corrected chi connectivity index (χ0v) is 18.3. The lowest BCUT2D eigenvalue weighted by molar-refractivity contribution is 0.171. The summed E-state index contributed by atoms with van der Waals surface area (Å²) in [5, 5.41) is -0.200. The maximum atomic E-state index is 12.7. The molecule has 0 saturated carbocycles. The van der Waals surface area contributed by atoms with Crippen LogP contribution in [0.4, 0.5) is 4.79 Å². The Bertz CT molecular complexity index is 1130. The van der Waals surface area contributed by atoms with E-state index in [4.69, 9.17) is 4.74 Å². The number of thioether (sulfide) groups is 1. The Morgan fingerprint density at radius 2 is 0.969 bits per heavy atom. The molecule has 2 nitrogen and oxygen atoms in total. The molecule has 0 aromatic heterocycles. The minimum Gasteiger partial charge on any atom is -0.457 e. The number of fused-ring (bicyclic) bond motifs is 6. The first-order chi connectivity index (χ1) is 15.8. The molecule has 2 aliphatic carbocycles. The van der Waals surface area contributed by atoms with Crippen molar-refractivity contribution in [1.29, 1.82) is 0 Å². The molecule has 3 heteroatoms. The summed E-state index contributed by atoms with van der Waals surface area (Å²) < 4.78 is 5.80. The lowest BCUT2D eigenvalue weighted by Crippen LogP contribution is -2.11. The zero-order valence-electron chi connectivity index (χ0n) is 17.5. The van der Waals surface area contributed by atoms with Crippen molar-refractivity contribution < 1.29 is 9.53 Å². The van der Waals surface area contributed by atoms with Gasteiger partial charge in [-0.1, -0.05) is 97.1 Å². The topological polar surface area (TPSA) is 26.3 Å². The molecule has 6 rings (SSSR count). The molecule has 0 N–H and O–H groups in total. The van der Waals surface area contributed by atoms with E-state index in [1.807, 2.05) is 0 Å². The van der Waals surface area contributed by atoms with Crippen molar-refractivity contribution in [2.75, 3.05) is 12.4 Å². The largest absolute Gasteiger partial charge is 0.457 e. The van der Waals surface area contributed by atoms with Gasteiger partial charge in [0.25, 0.3) is 0 Å². The third-order valence-corrected chi connectivity index (χ3v) is 7.51. The van der Waals surface area contributed by atoms with E-state index in [9.17, 15) is 4.79 Å². The molecule has 0 unspecified atom stereocenters. The number of ether oxygens (including phenoxy) is 1. The Kier molecular flexibility index (Phi) is 4.84. The van der Waals surface area contributed by atoms with E-state index in [1.54, 1.807) is 0 Å². The standard InChI is InChI=1S/C29H22O2S/c30-29(31-17-27-23-13-5-1-9-19(23)20-10-2-6-14-24(20)27)32-18-28-25-15-7-3-11-21(25)22-12-4-8-16-26(22)28/h1-16,27-28H,17-18H2. The average Bonchev–Trinajstić information content (AvgIpc) is 3.34. The van der Waals surface area contributed by atoms with Gasteiger partial charge in [0, 0.05) is 17.6 Å². The first-order valence-corrected chi connectivity index (χ1v) is 12.0. The molecule has 0 fully saturated rings. The van der Waals surface area contributed by atoms with Gasteiger partial charge in [-0.2, -0.15) is 0 Å². The third-order valence-electron chi connectivity index (χ3n) is 6.66. The summed E-state index contributed by atoms with van der Waals surface area (Å²) in [7, 11) is 0. The summed E-state index contributed by atoms with van der Waals surface area (Å²) in [5.41, 5.74) is 10.1. The molecular weight excluding hydrogens is 412 g/mol. The van der Waals surface area contributed by atoms with Gasteiger partial charge < -0.3 is 4.74 Å². The van der Waals surface area contributed by atoms with Crippen LogP contribution in [0.1, 0.15) is 34.1 Å². The van der Waals surface area contributed by atoms with E-state index in [0.717, 1.165) is 0 Å². The van der Waals surface area contributed by atoms with Crippen molar-refractivity contribution in [2.24, 2.45) is 0 Å². The monoisotopic (exact) mass is 434 g/mol. The van der Waals surface area contributed by atoms with Gasteiger partial charge in [-0.25, -0.2) is 4.79 Å². The lowest BCUT2D eigenvalue weighted by Gasteiger charge is -2.15. The van der Waals surface area contributed by atoms with Gasteiger partial charge in [0.1, 0.15) is 6.61 Å². The Labute approximate surface area is 192 Å². The molecular formula is C29H22O2S. The second-order valence-corrected chi connectivity index (χ2v) is 9.28. The van der Waals surface area contributed by atoms with Gasteiger partial charge in [-0.05, 0) is 56.3 Å². The maximum absolute atomic E-state index is 12.7. The van der Waals surface area contributed by atoms with Crippen LogP contribution in [0.2, 0.25) is 0 Å². The number of carbonyl (C=O) groups excluding carboxylic acids is 1. The number of benzene rings is 4. The van der Waals surface area contributed by atoms with E-state index in [0.29, 0.717) is 12.4 Å². The molecule has 0 bridgehead atoms. The van der Waals surface area contributed by atoms with Crippen LogP contribution < -0.4 is 0 Å². The van der Waals surface area contributed by atoms with E-state index in [-0.39, 0.29) is 17.1 Å². The fourth-order valence-corrected chi connectivity index (χ4v) is 6.04. The summed E-state index contributed by atoms with van der Waals surface area (Å²) >= 11 is 1.29. The quantitative estimate of drug-likeness (QED) is 0.311. The number of hydrogen-bond acceptors (Lipinski definition) is 3. The third kappa shape index (κ3) is 3.16. The molecule has 156 valence electrons. The van der Waals surface area contributed by atoms with Gasteiger partial charge in [0.05, 0.1) is 0 Å². The van der Waals surface area contributed by atoms with Crippen LogP contribution in [0.25, 0.3) is 22.3 Å². The fraction of sp³-hybridized carbons (Fsp3) is 0.138. The van der Waals surface area contributed by atoms with Crippen LogP contribution >= 0.6 is 11.8 Å². The van der Waals surface area contributed by atoms with Gasteiger partial charge in [-0.3, -0.25) is 0 Å². The van der Waals surface area contributed by atoms with Crippen molar-refractivity contribution in [2.45, 2.75) is 11.8 Å². The second kappa shape index (κ2) is 7.99. The van der Waals surface area contributed by atoms with E-state index < -0.39 is 0 Å². The van der Waals surface area contributed by atoms with Gasteiger partial charge >= 0.3 is 5.30 Å². The molecule has 0 atom stereocenters. The highest BCUT2D eigenvalue weighted by Crippen LogP contribution is 2.47. The van der Waals surface area contributed by atoms with E-state index in [2.05, 4.69) is 97.1 Å². The van der Waals surface area contributed by atoms with Crippen LogP contribution in [0.3, 0.4) is 0 Å². The van der Waals surface area contributed by atoms with Crippen molar-refractivity contribution in [3.8, 4) is 22.3 Å². The first-order valence-electron chi connectivity index (χ1n) is 11.0. The predicted molar refractivity (Wildman–Crippen MR) is 131 cm³/mol. The minimum atomic E-state index is -0.200. The molecule has 0 saturated heterocycles. The summed E-state index contributed by atoms with van der Waals surface area (Å²) in [5.74, 6) is 0.998. The van der Waals surface area contributed by atoms with Crippen LogP contribution in [-0.4, -0.2) is 17.7 Å². The molecule has 0 amide bonds. The van der Waals surface area contributed by atoms with Gasteiger partial charge in [0.15, 0.2) is 0 Å². The number of rotatable bonds is 4. The van der Waals surface area contributed by atoms with Crippen molar-refractivity contribution in [3.05, 3.63) is 119 Å². The Hall–Kier alpha value is -3.30. The van der Waals surface area contributed by atoms with E-state index >= 15 is 0 Å². The minimum absolute atomic E-state index is 0.0971. The zero-order chi connectivity index (χ0) is 21.5. The van der Waals surface area contributed by atoms with Gasteiger partial charge in [-0.15, -0.1) is 0 Å². The molecule has 2 aliphatic rings. The summed E-state index contributed by atoms with van der Waals surface area (Å²) in [4.78, 5) is 12.7. The van der Waals surface area contributed by atoms with E-state index in [1.165, 1.54) is 56.3 Å². The number of carbonyl (C=O) groups is 1. The summed E-state index contributed by atoms with van der Waals surface area (Å²) in [6.45, 7) is 0.373. The van der Waals surface area contributed by atoms with Crippen LogP contribution in [-0.2, 0) is 4.74 Å². The smallest absolute Gasteiger partial charge is 0.367 e. The maximum Gasteiger partial charge on any atom is 0.367 e. The van der Waals surface area contributed by atoms with Gasteiger partial charge in [0.2, 0.25) is 0 Å². The highest BCUT2D eigenvalue weighted by atomic mass is 32.2. The van der Waals surface area contributed by atoms with Crippen molar-refractivity contribution in [1.82, 2.24) is 0 Å². The lowest BCUT2D eigenvalue weighted by atomic mass is 9.98. The molecule has 4 aromatic carbocycles. The second-order valence-electron chi connectivity index (χ2n) is 8.33. The molecule has 4 aromatic rings. The summed E-state index contributed by atoms with van der Waals surface area (Å²) in [6, 6.07) is 33.9. The Morgan fingerprint density at radius 1 is 0.594 bits per heavy atom. The summed E-state index contributed by atoms with van der Waals surface area (Å²) in [6.07, 6.45) is 0. The first kappa shape index (κ1) is 19.4. The average molecular weight is 435 g/mol. The SMILES string of the molecule is O=C(OCC1c2ccccc2-c2ccccc21)SCC1c2ccccc2-c2ccccc21. The van der Waals surface area contributed by atoms with Crippen molar-refractivity contribution >= 4 is 17.1 Å². The van der Waals surface area contributed by atoms with Crippen LogP contribution in [0, 0.1) is 0 Å². The normalized spacial score (nSPS) is 13.9. The Morgan fingerprint density at radius 3 is 1.41 bits per heavy atom. The van der Waals surface area contributed by atoms with Crippen molar-refractivity contribution in [3.63, 3.8) is 0 Å². The molecule has 0 aliphatic heterocycles. The highest BCUT2D eigenvalue weighted by Gasteiger charge is 2.31. The Balaban J connectivity index is 1.16. The van der Waals surface area contributed by atoms with Crippen LogP contribution in [0.15, 0.2) is 97.1 Å². The number of hydrogen-bond donors (Lipinski definition) is 0. The molecule has 0 spiro atoms.